The van der Waals surface area contributed by atoms with Crippen LogP contribution in [0.15, 0.2) is 30.7 Å². The highest BCUT2D eigenvalue weighted by Gasteiger charge is 2.15. The maximum atomic E-state index is 7.71. The zero-order valence-electron chi connectivity index (χ0n) is 14.1. The molecule has 6 nitrogen and oxygen atoms in total. The average Bonchev–Trinajstić information content (AvgIpc) is 2.63. The van der Waals surface area contributed by atoms with Gasteiger partial charge in [0.1, 0.15) is 6.23 Å². The summed E-state index contributed by atoms with van der Waals surface area (Å²) in [4.78, 5) is 10.8. The molecule has 3 heterocycles. The molecule has 126 valence electrons. The Labute approximate surface area is 142 Å². The topological polar surface area (TPSA) is 74.1 Å². The maximum absolute atomic E-state index is 7.71. The Kier molecular flexibility index (Phi) is 5.05. The van der Waals surface area contributed by atoms with Crippen molar-refractivity contribution in [2.75, 3.05) is 30.9 Å². The minimum absolute atomic E-state index is 0.00355. The first-order valence-electron chi connectivity index (χ1n) is 8.19. The van der Waals surface area contributed by atoms with E-state index in [-0.39, 0.29) is 6.23 Å². The lowest BCUT2D eigenvalue weighted by Crippen LogP contribution is -2.27. The molecule has 2 aromatic rings. The number of hydrogen-bond donors (Lipinski definition) is 2. The number of aromatic nitrogens is 2. The van der Waals surface area contributed by atoms with Crippen molar-refractivity contribution in [1.82, 2.24) is 9.97 Å². The Morgan fingerprint density at radius 2 is 2.12 bits per heavy atom. The molecule has 1 saturated heterocycles. The van der Waals surface area contributed by atoms with Gasteiger partial charge in [-0.05, 0) is 31.4 Å². The third-order valence-electron chi connectivity index (χ3n) is 4.12. The van der Waals surface area contributed by atoms with Crippen LogP contribution in [0.3, 0.4) is 0 Å². The fourth-order valence-corrected chi connectivity index (χ4v) is 2.71. The maximum Gasteiger partial charge on any atom is 0.127 e. The van der Waals surface area contributed by atoms with E-state index in [1.54, 1.807) is 12.4 Å². The molecule has 0 saturated carbocycles. The first kappa shape index (κ1) is 16.4. The fraction of sp³-hybridized carbons (Fsp3) is 0.389. The van der Waals surface area contributed by atoms with Crippen LogP contribution in [0.4, 0.5) is 11.4 Å². The summed E-state index contributed by atoms with van der Waals surface area (Å²) < 4.78 is 5.71. The van der Waals surface area contributed by atoms with Gasteiger partial charge in [0.15, 0.2) is 0 Å². The van der Waals surface area contributed by atoms with E-state index in [2.05, 4.69) is 15.3 Å². The molecule has 3 rings (SSSR count). The van der Waals surface area contributed by atoms with E-state index in [0.717, 1.165) is 54.1 Å². The first-order valence-corrected chi connectivity index (χ1v) is 8.19. The van der Waals surface area contributed by atoms with E-state index in [1.165, 1.54) is 6.21 Å². The SMILES string of the molecule is CN(C)c1cncc(-c2cc(C=N)c(NC3CCCCO3)cn2)c1. The molecule has 0 spiro atoms. The molecule has 1 unspecified atom stereocenters. The van der Waals surface area contributed by atoms with Crippen molar-refractivity contribution in [3.05, 3.63) is 36.3 Å². The molecule has 0 aliphatic carbocycles. The predicted molar refractivity (Wildman–Crippen MR) is 96.9 cm³/mol. The van der Waals surface area contributed by atoms with Crippen LogP contribution in [-0.2, 0) is 4.74 Å². The second kappa shape index (κ2) is 7.40. The standard InChI is InChI=1S/C18H23N5O/c1-23(2)15-7-14(10-20-11-15)16-8-13(9-19)17(12-21-16)22-18-5-3-4-6-24-18/h7-12,18-19,22H,3-6H2,1-2H3. The van der Waals surface area contributed by atoms with Crippen molar-refractivity contribution >= 4 is 17.6 Å². The van der Waals surface area contributed by atoms with Gasteiger partial charge in [0, 0.05) is 44.2 Å². The third-order valence-corrected chi connectivity index (χ3v) is 4.12. The number of rotatable bonds is 5. The molecule has 1 fully saturated rings. The minimum atomic E-state index is 0.00355. The van der Waals surface area contributed by atoms with E-state index in [0.29, 0.717) is 0 Å². The third kappa shape index (κ3) is 3.71. The monoisotopic (exact) mass is 325 g/mol. The highest BCUT2D eigenvalue weighted by molar-refractivity contribution is 5.87. The molecule has 0 bridgehead atoms. The quantitative estimate of drug-likeness (QED) is 0.826. The lowest BCUT2D eigenvalue weighted by molar-refractivity contribution is 0.0343. The predicted octanol–water partition coefficient (Wildman–Crippen LogP) is 3.15. The summed E-state index contributed by atoms with van der Waals surface area (Å²) in [7, 11) is 3.96. The number of anilines is 2. The number of nitrogens with zero attached hydrogens (tertiary/aromatic N) is 3. The summed E-state index contributed by atoms with van der Waals surface area (Å²) in [5.41, 5.74) is 4.38. The highest BCUT2D eigenvalue weighted by atomic mass is 16.5. The van der Waals surface area contributed by atoms with Gasteiger partial charge in [-0.2, -0.15) is 0 Å². The van der Waals surface area contributed by atoms with Crippen LogP contribution in [-0.4, -0.2) is 43.1 Å². The van der Waals surface area contributed by atoms with Crippen molar-refractivity contribution in [2.45, 2.75) is 25.5 Å². The summed E-state index contributed by atoms with van der Waals surface area (Å²) in [6, 6.07) is 3.95. The van der Waals surface area contributed by atoms with Crippen LogP contribution in [0.1, 0.15) is 24.8 Å². The van der Waals surface area contributed by atoms with Gasteiger partial charge in [-0.15, -0.1) is 0 Å². The Hall–Kier alpha value is -2.47. The summed E-state index contributed by atoms with van der Waals surface area (Å²) in [6.07, 6.45) is 9.99. The van der Waals surface area contributed by atoms with Crippen LogP contribution in [0.5, 0.6) is 0 Å². The lowest BCUT2D eigenvalue weighted by atomic mass is 10.1. The molecule has 24 heavy (non-hydrogen) atoms. The van der Waals surface area contributed by atoms with Crippen LogP contribution in [0, 0.1) is 5.41 Å². The smallest absolute Gasteiger partial charge is 0.127 e. The summed E-state index contributed by atoms with van der Waals surface area (Å²) in [6.45, 7) is 0.784. The van der Waals surface area contributed by atoms with Crippen molar-refractivity contribution in [1.29, 1.82) is 5.41 Å². The Balaban J connectivity index is 1.85. The van der Waals surface area contributed by atoms with Crippen molar-refractivity contribution in [3.8, 4) is 11.3 Å². The van der Waals surface area contributed by atoms with Gasteiger partial charge >= 0.3 is 0 Å². The van der Waals surface area contributed by atoms with Crippen LogP contribution in [0.25, 0.3) is 11.3 Å². The minimum Gasteiger partial charge on any atom is -0.376 e. The molecule has 0 aromatic carbocycles. The highest BCUT2D eigenvalue weighted by Crippen LogP contribution is 2.25. The van der Waals surface area contributed by atoms with E-state index in [4.69, 9.17) is 10.1 Å². The van der Waals surface area contributed by atoms with Crippen LogP contribution >= 0.6 is 0 Å². The molecule has 2 aromatic heterocycles. The molecule has 1 aliphatic heterocycles. The number of ether oxygens (including phenoxy) is 1. The lowest BCUT2D eigenvalue weighted by Gasteiger charge is -2.25. The Morgan fingerprint density at radius 1 is 1.25 bits per heavy atom. The zero-order valence-corrected chi connectivity index (χ0v) is 14.1. The second-order valence-corrected chi connectivity index (χ2v) is 6.13. The molecule has 0 radical (unpaired) electrons. The van der Waals surface area contributed by atoms with Gasteiger partial charge in [0.05, 0.1) is 29.5 Å². The molecule has 6 heteroatoms. The van der Waals surface area contributed by atoms with Crippen LogP contribution in [0.2, 0.25) is 0 Å². The van der Waals surface area contributed by atoms with Gasteiger partial charge in [0.25, 0.3) is 0 Å². The molecule has 1 aliphatic rings. The molecule has 1 atom stereocenters. The number of nitrogens with one attached hydrogen (secondary N) is 2. The largest absolute Gasteiger partial charge is 0.376 e. The number of hydrogen-bond acceptors (Lipinski definition) is 6. The van der Waals surface area contributed by atoms with E-state index in [1.807, 2.05) is 37.3 Å². The van der Waals surface area contributed by atoms with Crippen molar-refractivity contribution < 1.29 is 4.74 Å². The van der Waals surface area contributed by atoms with Gasteiger partial charge in [-0.1, -0.05) is 0 Å². The van der Waals surface area contributed by atoms with Crippen molar-refractivity contribution in [2.24, 2.45) is 0 Å². The van der Waals surface area contributed by atoms with Gasteiger partial charge < -0.3 is 20.4 Å². The normalized spacial score (nSPS) is 17.3. The Morgan fingerprint density at radius 3 is 2.83 bits per heavy atom. The van der Waals surface area contributed by atoms with Gasteiger partial charge in [-0.25, -0.2) is 0 Å². The Bertz CT molecular complexity index is 710. The van der Waals surface area contributed by atoms with E-state index in [9.17, 15) is 0 Å². The summed E-state index contributed by atoms with van der Waals surface area (Å²) in [5.74, 6) is 0. The number of pyridine rings is 2. The molecule has 0 amide bonds. The molecule has 2 N–H and O–H groups in total. The average molecular weight is 325 g/mol. The fourth-order valence-electron chi connectivity index (χ4n) is 2.71. The van der Waals surface area contributed by atoms with Gasteiger partial charge in [0.2, 0.25) is 0 Å². The second-order valence-electron chi connectivity index (χ2n) is 6.13. The summed E-state index contributed by atoms with van der Waals surface area (Å²) >= 11 is 0. The zero-order chi connectivity index (χ0) is 16.9. The van der Waals surface area contributed by atoms with Gasteiger partial charge in [-0.3, -0.25) is 9.97 Å². The van der Waals surface area contributed by atoms with E-state index < -0.39 is 0 Å². The molecular formula is C18H23N5O. The van der Waals surface area contributed by atoms with E-state index >= 15 is 0 Å². The van der Waals surface area contributed by atoms with Crippen LogP contribution < -0.4 is 10.2 Å². The van der Waals surface area contributed by atoms with Crippen molar-refractivity contribution in [3.63, 3.8) is 0 Å². The first-order chi connectivity index (χ1) is 11.7. The molecular weight excluding hydrogens is 302 g/mol. The summed E-state index contributed by atoms with van der Waals surface area (Å²) in [5, 5.41) is 11.1.